The van der Waals surface area contributed by atoms with Crippen LogP contribution in [0.25, 0.3) is 0 Å². The summed E-state index contributed by atoms with van der Waals surface area (Å²) in [6.07, 6.45) is 1.36. The molecule has 0 bridgehead atoms. The maximum atomic E-state index is 3.51. The van der Waals surface area contributed by atoms with Gasteiger partial charge in [0, 0.05) is 37.6 Å². The summed E-state index contributed by atoms with van der Waals surface area (Å²) in [6.45, 7) is 7.02. The first-order valence-electron chi connectivity index (χ1n) is 6.84. The largest absolute Gasteiger partial charge is 0.311 e. The van der Waals surface area contributed by atoms with Gasteiger partial charge in [-0.2, -0.15) is 0 Å². The Kier molecular flexibility index (Phi) is 5.63. The highest BCUT2D eigenvalue weighted by molar-refractivity contribution is 7.09. The molecule has 0 spiro atoms. The van der Waals surface area contributed by atoms with Gasteiger partial charge in [-0.3, -0.25) is 0 Å². The van der Waals surface area contributed by atoms with Crippen LogP contribution in [0.2, 0.25) is 0 Å². The number of rotatable bonds is 7. The molecule has 0 amide bonds. The Bertz CT molecular complexity index is 326. The maximum absolute atomic E-state index is 3.51. The van der Waals surface area contributed by atoms with E-state index in [2.05, 4.69) is 46.7 Å². The first-order valence-corrected chi connectivity index (χ1v) is 7.72. The number of nitrogens with zero attached hydrogens (tertiary/aromatic N) is 2. The van der Waals surface area contributed by atoms with E-state index in [1.165, 1.54) is 30.9 Å². The second kappa shape index (κ2) is 7.24. The molecule has 0 aliphatic carbocycles. The van der Waals surface area contributed by atoms with Gasteiger partial charge in [0.25, 0.3) is 0 Å². The third kappa shape index (κ3) is 4.69. The van der Waals surface area contributed by atoms with Crippen LogP contribution in [-0.2, 0) is 6.54 Å². The smallest absolute Gasteiger partial charge is 0.0300 e. The van der Waals surface area contributed by atoms with Crippen LogP contribution >= 0.6 is 11.3 Å². The van der Waals surface area contributed by atoms with Gasteiger partial charge in [-0.15, -0.1) is 11.3 Å². The first-order chi connectivity index (χ1) is 8.74. The van der Waals surface area contributed by atoms with Crippen molar-refractivity contribution in [1.82, 2.24) is 15.1 Å². The fraction of sp³-hybridized carbons (Fsp3) is 0.714. The van der Waals surface area contributed by atoms with Gasteiger partial charge in [0.2, 0.25) is 0 Å². The van der Waals surface area contributed by atoms with Crippen molar-refractivity contribution in [2.24, 2.45) is 5.92 Å². The number of likely N-dealkylation sites (N-methyl/N-ethyl adjacent to an activating group) is 1. The van der Waals surface area contributed by atoms with Crippen LogP contribution in [0, 0.1) is 5.92 Å². The topological polar surface area (TPSA) is 18.5 Å². The summed E-state index contributed by atoms with van der Waals surface area (Å²) in [4.78, 5) is 6.33. The summed E-state index contributed by atoms with van der Waals surface area (Å²) >= 11 is 1.83. The van der Waals surface area contributed by atoms with Gasteiger partial charge in [0.15, 0.2) is 0 Å². The Morgan fingerprint density at radius 3 is 3.11 bits per heavy atom. The predicted molar refractivity (Wildman–Crippen MR) is 79.1 cm³/mol. The number of nitrogens with one attached hydrogen (secondary N) is 1. The van der Waals surface area contributed by atoms with Crippen LogP contribution in [0.4, 0.5) is 0 Å². The van der Waals surface area contributed by atoms with E-state index < -0.39 is 0 Å². The summed E-state index contributed by atoms with van der Waals surface area (Å²) < 4.78 is 0. The van der Waals surface area contributed by atoms with Crippen LogP contribution < -0.4 is 5.32 Å². The molecule has 0 saturated carbocycles. The van der Waals surface area contributed by atoms with Crippen molar-refractivity contribution < 1.29 is 0 Å². The van der Waals surface area contributed by atoms with E-state index in [4.69, 9.17) is 0 Å². The molecule has 18 heavy (non-hydrogen) atoms. The van der Waals surface area contributed by atoms with Crippen molar-refractivity contribution >= 4 is 11.3 Å². The zero-order valence-electron chi connectivity index (χ0n) is 11.6. The molecule has 1 saturated heterocycles. The van der Waals surface area contributed by atoms with Gasteiger partial charge in [0.05, 0.1) is 0 Å². The van der Waals surface area contributed by atoms with E-state index in [0.29, 0.717) is 0 Å². The van der Waals surface area contributed by atoms with Crippen molar-refractivity contribution in [3.63, 3.8) is 0 Å². The maximum Gasteiger partial charge on any atom is 0.0300 e. The molecule has 4 heteroatoms. The first kappa shape index (κ1) is 14.0. The Hall–Kier alpha value is -0.420. The number of hydrogen-bond donors (Lipinski definition) is 1. The average molecular weight is 267 g/mol. The minimum absolute atomic E-state index is 0.872. The van der Waals surface area contributed by atoms with Gasteiger partial charge < -0.3 is 15.1 Å². The minimum atomic E-state index is 0.872. The van der Waals surface area contributed by atoms with Crippen LogP contribution in [0.15, 0.2) is 17.5 Å². The molecule has 1 aliphatic rings. The van der Waals surface area contributed by atoms with Crippen LogP contribution in [0.3, 0.4) is 0 Å². The fourth-order valence-corrected chi connectivity index (χ4v) is 3.28. The summed E-state index contributed by atoms with van der Waals surface area (Å²) in [5.41, 5.74) is 0. The van der Waals surface area contributed by atoms with E-state index >= 15 is 0 Å². The summed E-state index contributed by atoms with van der Waals surface area (Å²) in [7, 11) is 4.47. The monoisotopic (exact) mass is 267 g/mol. The van der Waals surface area contributed by atoms with Crippen LogP contribution in [-0.4, -0.2) is 56.6 Å². The molecule has 1 N–H and O–H groups in total. The highest BCUT2D eigenvalue weighted by Gasteiger charge is 2.20. The standard InChI is InChI=1S/C14H25N3S/c1-16-7-5-13(11-16)12-17(2)8-6-15-10-14-4-3-9-18-14/h3-4,9,13,15H,5-8,10-12H2,1-2H3. The Labute approximate surface area is 115 Å². The minimum Gasteiger partial charge on any atom is -0.311 e. The Balaban J connectivity index is 1.53. The lowest BCUT2D eigenvalue weighted by Gasteiger charge is -2.21. The molecule has 0 radical (unpaired) electrons. The second-order valence-electron chi connectivity index (χ2n) is 5.44. The number of likely N-dealkylation sites (tertiary alicyclic amines) is 1. The molecule has 3 nitrogen and oxygen atoms in total. The molecule has 2 rings (SSSR count). The van der Waals surface area contributed by atoms with E-state index in [9.17, 15) is 0 Å². The van der Waals surface area contributed by atoms with Crippen molar-refractivity contribution in [3.05, 3.63) is 22.4 Å². The highest BCUT2D eigenvalue weighted by atomic mass is 32.1. The fourth-order valence-electron chi connectivity index (χ4n) is 2.60. The lowest BCUT2D eigenvalue weighted by atomic mass is 10.1. The lowest BCUT2D eigenvalue weighted by molar-refractivity contribution is 0.273. The van der Waals surface area contributed by atoms with Gasteiger partial charge in [-0.1, -0.05) is 6.07 Å². The summed E-state index contributed by atoms with van der Waals surface area (Å²) in [5, 5.41) is 5.65. The quantitative estimate of drug-likeness (QED) is 0.759. The predicted octanol–water partition coefficient (Wildman–Crippen LogP) is 1.72. The molecule has 2 heterocycles. The number of thiophene rings is 1. The second-order valence-corrected chi connectivity index (χ2v) is 6.47. The molecule has 1 unspecified atom stereocenters. The van der Waals surface area contributed by atoms with Gasteiger partial charge in [-0.05, 0) is 44.4 Å². The van der Waals surface area contributed by atoms with E-state index in [1.807, 2.05) is 11.3 Å². The normalized spacial score (nSPS) is 20.9. The Morgan fingerprint density at radius 2 is 2.44 bits per heavy atom. The summed E-state index contributed by atoms with van der Waals surface area (Å²) in [6, 6.07) is 4.31. The molecule has 0 aromatic carbocycles. The van der Waals surface area contributed by atoms with Gasteiger partial charge >= 0.3 is 0 Å². The van der Waals surface area contributed by atoms with Crippen molar-refractivity contribution in [1.29, 1.82) is 0 Å². The molecule has 1 aromatic rings. The molecule has 1 fully saturated rings. The molecule has 102 valence electrons. The zero-order valence-corrected chi connectivity index (χ0v) is 12.4. The van der Waals surface area contributed by atoms with Gasteiger partial charge in [0.1, 0.15) is 0 Å². The average Bonchev–Trinajstić information content (AvgIpc) is 2.96. The van der Waals surface area contributed by atoms with Crippen molar-refractivity contribution in [3.8, 4) is 0 Å². The molecule has 1 aliphatic heterocycles. The molecular weight excluding hydrogens is 242 g/mol. The van der Waals surface area contributed by atoms with E-state index in [1.54, 1.807) is 0 Å². The zero-order chi connectivity index (χ0) is 12.8. The van der Waals surface area contributed by atoms with E-state index in [0.717, 1.165) is 25.6 Å². The SMILES string of the molecule is CN(CCNCc1cccs1)CC1CCN(C)C1. The van der Waals surface area contributed by atoms with Crippen LogP contribution in [0.5, 0.6) is 0 Å². The molecule has 1 aromatic heterocycles. The van der Waals surface area contributed by atoms with Gasteiger partial charge in [-0.25, -0.2) is 0 Å². The van der Waals surface area contributed by atoms with Crippen molar-refractivity contribution in [2.45, 2.75) is 13.0 Å². The number of hydrogen-bond acceptors (Lipinski definition) is 4. The Morgan fingerprint density at radius 1 is 1.56 bits per heavy atom. The third-order valence-electron chi connectivity index (χ3n) is 3.61. The molecular formula is C14H25N3S. The van der Waals surface area contributed by atoms with E-state index in [-0.39, 0.29) is 0 Å². The highest BCUT2D eigenvalue weighted by Crippen LogP contribution is 2.14. The van der Waals surface area contributed by atoms with Crippen LogP contribution in [0.1, 0.15) is 11.3 Å². The lowest BCUT2D eigenvalue weighted by Crippen LogP contribution is -2.33. The summed E-state index contributed by atoms with van der Waals surface area (Å²) in [5.74, 6) is 0.872. The third-order valence-corrected chi connectivity index (χ3v) is 4.48. The molecule has 1 atom stereocenters. The van der Waals surface area contributed by atoms with Crippen molar-refractivity contribution in [2.75, 3.05) is 46.8 Å².